The summed E-state index contributed by atoms with van der Waals surface area (Å²) in [7, 11) is 0. The van der Waals surface area contributed by atoms with Crippen LogP contribution in [0.4, 0.5) is 0 Å². The molecule has 0 aliphatic carbocycles. The number of ether oxygens (including phenoxy) is 1. The predicted molar refractivity (Wildman–Crippen MR) is 42.1 cm³/mol. The van der Waals surface area contributed by atoms with Crippen molar-refractivity contribution in [3.8, 4) is 0 Å². The number of halogens is 1. The van der Waals surface area contributed by atoms with E-state index in [0.29, 0.717) is 6.42 Å². The molecule has 0 N–H and O–H groups in total. The summed E-state index contributed by atoms with van der Waals surface area (Å²) in [6.07, 6.45) is 2.36. The lowest BCUT2D eigenvalue weighted by Crippen LogP contribution is -2.29. The molecule has 1 saturated heterocycles. The first-order chi connectivity index (χ1) is 4.72. The minimum atomic E-state index is -0.183. The fourth-order valence-electron chi connectivity index (χ4n) is 1.11. The third-order valence-corrected chi connectivity index (χ3v) is 3.02. The van der Waals surface area contributed by atoms with Crippen LogP contribution in [0.15, 0.2) is 0 Å². The molecule has 0 aromatic heterocycles. The second-order valence-corrected chi connectivity index (χ2v) is 3.21. The topological polar surface area (TPSA) is 26.3 Å². The molecule has 1 aliphatic rings. The molecule has 0 aromatic rings. The van der Waals surface area contributed by atoms with Crippen molar-refractivity contribution in [3.63, 3.8) is 0 Å². The van der Waals surface area contributed by atoms with Crippen molar-refractivity contribution < 1.29 is 9.53 Å². The second kappa shape index (κ2) is 2.91. The van der Waals surface area contributed by atoms with Crippen molar-refractivity contribution in [1.82, 2.24) is 0 Å². The Morgan fingerprint density at radius 1 is 1.80 bits per heavy atom. The van der Waals surface area contributed by atoms with Gasteiger partial charge in [-0.25, -0.2) is 0 Å². The molecule has 1 atom stereocenters. The van der Waals surface area contributed by atoms with E-state index in [9.17, 15) is 4.79 Å². The SMILES string of the molecule is CC[C@@]1(CBr)CCC(=O)O1. The number of carbonyl (C=O) groups excluding carboxylic acids is 1. The van der Waals surface area contributed by atoms with Gasteiger partial charge in [0, 0.05) is 11.8 Å². The third kappa shape index (κ3) is 1.34. The van der Waals surface area contributed by atoms with Gasteiger partial charge in [0.15, 0.2) is 0 Å². The highest BCUT2D eigenvalue weighted by molar-refractivity contribution is 9.09. The molecular weight excluding hydrogens is 196 g/mol. The lowest BCUT2D eigenvalue weighted by Gasteiger charge is -2.22. The van der Waals surface area contributed by atoms with Crippen molar-refractivity contribution in [2.45, 2.75) is 31.8 Å². The average molecular weight is 207 g/mol. The molecule has 0 saturated carbocycles. The molecule has 0 radical (unpaired) electrons. The molecule has 0 bridgehead atoms. The van der Waals surface area contributed by atoms with Gasteiger partial charge in [-0.2, -0.15) is 0 Å². The van der Waals surface area contributed by atoms with Gasteiger partial charge in [0.05, 0.1) is 0 Å². The summed E-state index contributed by atoms with van der Waals surface area (Å²) in [5.41, 5.74) is -0.183. The van der Waals surface area contributed by atoms with Crippen LogP contribution >= 0.6 is 15.9 Å². The zero-order valence-corrected chi connectivity index (χ0v) is 7.61. The Morgan fingerprint density at radius 2 is 2.50 bits per heavy atom. The third-order valence-electron chi connectivity index (χ3n) is 2.00. The fourth-order valence-corrected chi connectivity index (χ4v) is 1.90. The van der Waals surface area contributed by atoms with Crippen molar-refractivity contribution in [1.29, 1.82) is 0 Å². The highest BCUT2D eigenvalue weighted by Crippen LogP contribution is 2.31. The van der Waals surface area contributed by atoms with Gasteiger partial charge in [0.2, 0.25) is 0 Å². The minimum Gasteiger partial charge on any atom is -0.458 e. The van der Waals surface area contributed by atoms with Gasteiger partial charge in [0.25, 0.3) is 0 Å². The average Bonchev–Trinajstić information content (AvgIpc) is 2.33. The molecule has 0 amide bonds. The number of hydrogen-bond donors (Lipinski definition) is 0. The zero-order chi connectivity index (χ0) is 7.61. The largest absolute Gasteiger partial charge is 0.458 e. The quantitative estimate of drug-likeness (QED) is 0.510. The van der Waals surface area contributed by atoms with Crippen LogP contribution in [-0.2, 0) is 9.53 Å². The number of hydrogen-bond acceptors (Lipinski definition) is 2. The van der Waals surface area contributed by atoms with E-state index < -0.39 is 0 Å². The number of cyclic esters (lactones) is 1. The summed E-state index contributed by atoms with van der Waals surface area (Å²) in [5.74, 6) is -0.0544. The molecule has 58 valence electrons. The van der Waals surface area contributed by atoms with Crippen LogP contribution in [0.1, 0.15) is 26.2 Å². The Bertz CT molecular complexity index is 141. The maximum absolute atomic E-state index is 10.7. The first-order valence-electron chi connectivity index (χ1n) is 3.50. The Morgan fingerprint density at radius 3 is 2.70 bits per heavy atom. The van der Waals surface area contributed by atoms with Crippen LogP contribution in [0.3, 0.4) is 0 Å². The highest BCUT2D eigenvalue weighted by Gasteiger charge is 2.37. The molecule has 3 heteroatoms. The Balaban J connectivity index is 2.59. The van der Waals surface area contributed by atoms with Crippen LogP contribution in [0.2, 0.25) is 0 Å². The second-order valence-electron chi connectivity index (χ2n) is 2.64. The number of esters is 1. The smallest absolute Gasteiger partial charge is 0.306 e. The lowest BCUT2D eigenvalue weighted by atomic mass is 10.0. The van der Waals surface area contributed by atoms with Crippen LogP contribution < -0.4 is 0 Å². The number of alkyl halides is 1. The molecule has 0 spiro atoms. The van der Waals surface area contributed by atoms with Crippen LogP contribution in [0, 0.1) is 0 Å². The summed E-state index contributed by atoms with van der Waals surface area (Å²) >= 11 is 3.34. The molecule has 1 fully saturated rings. The fraction of sp³-hybridized carbons (Fsp3) is 0.857. The van der Waals surface area contributed by atoms with E-state index in [1.807, 2.05) is 6.92 Å². The van der Waals surface area contributed by atoms with Gasteiger partial charge in [0.1, 0.15) is 5.60 Å². The van der Waals surface area contributed by atoms with E-state index in [2.05, 4.69) is 15.9 Å². The van der Waals surface area contributed by atoms with E-state index >= 15 is 0 Å². The van der Waals surface area contributed by atoms with Gasteiger partial charge in [-0.15, -0.1) is 0 Å². The lowest BCUT2D eigenvalue weighted by molar-refractivity contribution is -0.146. The highest BCUT2D eigenvalue weighted by atomic mass is 79.9. The first-order valence-corrected chi connectivity index (χ1v) is 4.62. The van der Waals surface area contributed by atoms with Gasteiger partial charge >= 0.3 is 5.97 Å². The molecule has 1 rings (SSSR count). The van der Waals surface area contributed by atoms with Crippen molar-refractivity contribution in [2.24, 2.45) is 0 Å². The molecule has 0 unspecified atom stereocenters. The van der Waals surface area contributed by atoms with Gasteiger partial charge in [-0.05, 0) is 12.8 Å². The monoisotopic (exact) mass is 206 g/mol. The molecule has 0 aromatic carbocycles. The van der Waals surface area contributed by atoms with E-state index in [1.54, 1.807) is 0 Å². The molecule has 10 heavy (non-hydrogen) atoms. The van der Waals surface area contributed by atoms with E-state index in [1.165, 1.54) is 0 Å². The summed E-state index contributed by atoms with van der Waals surface area (Å²) in [6, 6.07) is 0. The van der Waals surface area contributed by atoms with Gasteiger partial charge in [-0.1, -0.05) is 22.9 Å². The summed E-state index contributed by atoms with van der Waals surface area (Å²) in [4.78, 5) is 10.7. The van der Waals surface area contributed by atoms with Gasteiger partial charge in [-0.3, -0.25) is 4.79 Å². The van der Waals surface area contributed by atoms with Crippen molar-refractivity contribution in [2.75, 3.05) is 5.33 Å². The number of carbonyl (C=O) groups is 1. The van der Waals surface area contributed by atoms with Crippen LogP contribution in [0.5, 0.6) is 0 Å². The van der Waals surface area contributed by atoms with E-state index in [-0.39, 0.29) is 11.6 Å². The summed E-state index contributed by atoms with van der Waals surface area (Å²) in [5, 5.41) is 0.766. The van der Waals surface area contributed by atoms with Crippen molar-refractivity contribution >= 4 is 21.9 Å². The van der Waals surface area contributed by atoms with E-state index in [0.717, 1.165) is 18.2 Å². The maximum atomic E-state index is 10.7. The predicted octanol–water partition coefficient (Wildman–Crippen LogP) is 1.87. The summed E-state index contributed by atoms with van der Waals surface area (Å²) in [6.45, 7) is 2.04. The maximum Gasteiger partial charge on any atom is 0.306 e. The molecule has 1 aliphatic heterocycles. The zero-order valence-electron chi connectivity index (χ0n) is 6.02. The van der Waals surface area contributed by atoms with E-state index in [4.69, 9.17) is 4.74 Å². The molecule has 1 heterocycles. The Hall–Kier alpha value is -0.0500. The summed E-state index contributed by atoms with van der Waals surface area (Å²) < 4.78 is 5.16. The molecular formula is C7H11BrO2. The van der Waals surface area contributed by atoms with Gasteiger partial charge < -0.3 is 4.74 Å². The standard InChI is InChI=1S/C7H11BrO2/c1-2-7(5-8)4-3-6(9)10-7/h2-5H2,1H3/t7-/m0/s1. The Labute approximate surface area is 69.1 Å². The first kappa shape index (κ1) is 8.05. The van der Waals surface area contributed by atoms with Crippen LogP contribution in [-0.4, -0.2) is 16.9 Å². The Kier molecular flexibility index (Phi) is 2.34. The van der Waals surface area contributed by atoms with Crippen molar-refractivity contribution in [3.05, 3.63) is 0 Å². The van der Waals surface area contributed by atoms with Crippen LogP contribution in [0.25, 0.3) is 0 Å². The normalized spacial score (nSPS) is 32.4. The molecule has 2 nitrogen and oxygen atoms in total. The number of rotatable bonds is 2. The minimum absolute atomic E-state index is 0.0544.